The first-order valence-electron chi connectivity index (χ1n) is 12.6. The number of halogens is 2. The van der Waals surface area contributed by atoms with Gasteiger partial charge >= 0.3 is 0 Å². The molecule has 1 aliphatic carbocycles. The molecular weight excluding hydrogens is 498 g/mol. The van der Waals surface area contributed by atoms with Crippen molar-refractivity contribution in [3.63, 3.8) is 0 Å². The first-order chi connectivity index (χ1) is 18.3. The van der Waals surface area contributed by atoms with Crippen LogP contribution in [0.5, 0.6) is 0 Å². The first kappa shape index (κ1) is 24.3. The number of nitrogens with zero attached hydrogens (tertiary/aromatic N) is 9. The van der Waals surface area contributed by atoms with E-state index in [2.05, 4.69) is 50.7 Å². The quantitative estimate of drug-likeness (QED) is 0.413. The van der Waals surface area contributed by atoms with Crippen molar-refractivity contribution < 1.29 is 13.6 Å². The molecule has 0 radical (unpaired) electrons. The predicted octanol–water partition coefficient (Wildman–Crippen LogP) is 1.61. The van der Waals surface area contributed by atoms with Gasteiger partial charge in [0.15, 0.2) is 11.6 Å². The molecule has 3 fully saturated rings. The number of alkyl halides is 2. The molecule has 15 heteroatoms. The fourth-order valence-electron chi connectivity index (χ4n) is 4.64. The first-order valence-corrected chi connectivity index (χ1v) is 12.6. The van der Waals surface area contributed by atoms with E-state index in [1.54, 1.807) is 0 Å². The highest BCUT2D eigenvalue weighted by Crippen LogP contribution is 2.40. The van der Waals surface area contributed by atoms with Gasteiger partial charge in [-0.2, -0.15) is 20.1 Å². The summed E-state index contributed by atoms with van der Waals surface area (Å²) in [6.45, 7) is 2.24. The largest absolute Gasteiger partial charge is 0.338 e. The molecule has 38 heavy (non-hydrogen) atoms. The minimum atomic E-state index is -3.11. The minimum absolute atomic E-state index is 0.00847. The zero-order chi connectivity index (χ0) is 26.3. The fourth-order valence-corrected chi connectivity index (χ4v) is 4.64. The number of piperazine rings is 1. The van der Waals surface area contributed by atoms with Crippen LogP contribution in [0.15, 0.2) is 24.7 Å². The lowest BCUT2D eigenvalue weighted by atomic mass is 10.2. The van der Waals surface area contributed by atoms with Crippen molar-refractivity contribution in [1.82, 2.24) is 40.0 Å². The molecule has 2 aliphatic heterocycles. The minimum Gasteiger partial charge on any atom is -0.338 e. The predicted molar refractivity (Wildman–Crippen MR) is 135 cm³/mol. The van der Waals surface area contributed by atoms with Gasteiger partial charge in [0, 0.05) is 62.7 Å². The number of carbonyl (C=O) groups is 1. The molecule has 1 amide bonds. The molecule has 13 nitrogen and oxygen atoms in total. The van der Waals surface area contributed by atoms with Crippen LogP contribution in [0.3, 0.4) is 0 Å². The normalized spacial score (nSPS) is 21.5. The van der Waals surface area contributed by atoms with Crippen LogP contribution in [-0.2, 0) is 4.79 Å². The van der Waals surface area contributed by atoms with Crippen molar-refractivity contribution in [3.05, 3.63) is 30.4 Å². The number of nitrogens with one attached hydrogen (secondary N) is 3. The number of rotatable bonds is 7. The zero-order valence-corrected chi connectivity index (χ0v) is 20.8. The molecule has 6 rings (SSSR count). The Morgan fingerprint density at radius 1 is 1.08 bits per heavy atom. The van der Waals surface area contributed by atoms with Crippen LogP contribution >= 0.6 is 0 Å². The summed E-state index contributed by atoms with van der Waals surface area (Å²) in [5, 5.41) is 13.0. The Bertz CT molecular complexity index is 1290. The maximum Gasteiger partial charge on any atom is 0.267 e. The lowest BCUT2D eigenvalue weighted by Crippen LogP contribution is -2.45. The lowest BCUT2D eigenvalue weighted by molar-refractivity contribution is -0.118. The van der Waals surface area contributed by atoms with Gasteiger partial charge in [-0.25, -0.2) is 13.8 Å². The van der Waals surface area contributed by atoms with E-state index in [1.807, 2.05) is 18.0 Å². The van der Waals surface area contributed by atoms with E-state index in [0.717, 1.165) is 31.6 Å². The highest BCUT2D eigenvalue weighted by atomic mass is 19.3. The summed E-state index contributed by atoms with van der Waals surface area (Å²) in [6, 6.07) is 0.687. The van der Waals surface area contributed by atoms with Crippen LogP contribution in [0, 0.1) is 0 Å². The second kappa shape index (κ2) is 9.70. The number of hydrogen-bond acceptors (Lipinski definition) is 11. The summed E-state index contributed by atoms with van der Waals surface area (Å²) in [5.41, 5.74) is 1.03. The maximum absolute atomic E-state index is 14.7. The van der Waals surface area contributed by atoms with Gasteiger partial charge in [-0.15, -0.1) is 0 Å². The van der Waals surface area contributed by atoms with Gasteiger partial charge in [-0.1, -0.05) is 0 Å². The molecule has 3 aliphatic rings. The number of amides is 1. The van der Waals surface area contributed by atoms with Crippen LogP contribution in [-0.4, -0.2) is 97.7 Å². The third kappa shape index (κ3) is 5.32. The van der Waals surface area contributed by atoms with E-state index in [0.29, 0.717) is 30.8 Å². The summed E-state index contributed by atoms with van der Waals surface area (Å²) in [4.78, 5) is 40.0. The topological polar surface area (TPSA) is 144 Å². The monoisotopic (exact) mass is 526 g/mol. The van der Waals surface area contributed by atoms with E-state index in [4.69, 9.17) is 0 Å². The molecule has 2 saturated heterocycles. The van der Waals surface area contributed by atoms with Crippen molar-refractivity contribution in [2.24, 2.45) is 0 Å². The fraction of sp³-hybridized carbons (Fsp3) is 0.522. The third-order valence-corrected chi connectivity index (χ3v) is 6.90. The van der Waals surface area contributed by atoms with E-state index in [9.17, 15) is 13.6 Å². The van der Waals surface area contributed by atoms with Gasteiger partial charge in [-0.05, 0) is 19.9 Å². The molecule has 0 aromatic carbocycles. The number of aromatic amines is 1. The molecule has 1 atom stereocenters. The van der Waals surface area contributed by atoms with Gasteiger partial charge in [0.1, 0.15) is 6.04 Å². The van der Waals surface area contributed by atoms with Gasteiger partial charge in [0.05, 0.1) is 12.7 Å². The summed E-state index contributed by atoms with van der Waals surface area (Å²) in [5.74, 6) is -2.06. The highest BCUT2D eigenvalue weighted by Gasteiger charge is 2.49. The van der Waals surface area contributed by atoms with Gasteiger partial charge in [0.25, 0.3) is 5.92 Å². The molecule has 3 N–H and O–H groups in total. The van der Waals surface area contributed by atoms with Crippen LogP contribution in [0.4, 0.5) is 38.3 Å². The molecule has 5 heterocycles. The van der Waals surface area contributed by atoms with Gasteiger partial charge in [-0.3, -0.25) is 14.9 Å². The molecular formula is C23H28F2N12O. The molecule has 0 spiro atoms. The standard InChI is InChI=1S/C23H28F2N12O/c1-35-6-8-36(9-7-35)21-30-20(29-17-10-15(33-34-17)14-2-3-14)31-22(32-21)37-13-23(24,25)11-16(37)19(38)28-18-12-26-4-5-27-18/h4-5,10,12,14,16H,2-3,6-9,11,13H2,1H3,(H,27,28,38)(H2,29,30,31,32,33,34). The average Bonchev–Trinajstić information content (AvgIpc) is 3.56. The Labute approximate surface area is 217 Å². The lowest BCUT2D eigenvalue weighted by Gasteiger charge is -2.33. The van der Waals surface area contributed by atoms with Crippen molar-refractivity contribution in [2.75, 3.05) is 60.2 Å². The summed E-state index contributed by atoms with van der Waals surface area (Å²) < 4.78 is 29.4. The van der Waals surface area contributed by atoms with Crippen molar-refractivity contribution >= 4 is 35.4 Å². The number of carbonyl (C=O) groups excluding carboxylic acids is 1. The molecule has 3 aromatic heterocycles. The molecule has 0 bridgehead atoms. The van der Waals surface area contributed by atoms with Crippen molar-refractivity contribution in [1.29, 1.82) is 0 Å². The average molecular weight is 527 g/mol. The number of anilines is 5. The number of aromatic nitrogens is 7. The Hall–Kier alpha value is -4.01. The van der Waals surface area contributed by atoms with E-state index in [-0.39, 0.29) is 17.7 Å². The second-order valence-electron chi connectivity index (χ2n) is 9.94. The number of H-pyrrole nitrogens is 1. The Balaban J connectivity index is 1.31. The number of likely N-dealkylation sites (N-methyl/N-ethyl adjacent to an activating group) is 1. The van der Waals surface area contributed by atoms with Crippen LogP contribution in [0.2, 0.25) is 0 Å². The Morgan fingerprint density at radius 2 is 1.87 bits per heavy atom. The summed E-state index contributed by atoms with van der Waals surface area (Å²) in [6.07, 6.45) is 5.77. The molecule has 3 aromatic rings. The summed E-state index contributed by atoms with van der Waals surface area (Å²) >= 11 is 0. The van der Waals surface area contributed by atoms with E-state index in [1.165, 1.54) is 23.5 Å². The maximum atomic E-state index is 14.7. The molecule has 200 valence electrons. The zero-order valence-electron chi connectivity index (χ0n) is 20.8. The van der Waals surface area contributed by atoms with Crippen molar-refractivity contribution in [2.45, 2.75) is 37.1 Å². The highest BCUT2D eigenvalue weighted by molar-refractivity contribution is 5.96. The third-order valence-electron chi connectivity index (χ3n) is 6.90. The smallest absolute Gasteiger partial charge is 0.267 e. The van der Waals surface area contributed by atoms with Gasteiger partial charge < -0.3 is 25.3 Å². The van der Waals surface area contributed by atoms with E-state index < -0.39 is 30.8 Å². The van der Waals surface area contributed by atoms with Crippen LogP contribution < -0.4 is 20.4 Å². The van der Waals surface area contributed by atoms with Gasteiger partial charge in [0.2, 0.25) is 23.8 Å². The number of hydrogen-bond donors (Lipinski definition) is 3. The van der Waals surface area contributed by atoms with Crippen LogP contribution in [0.25, 0.3) is 0 Å². The molecule has 1 unspecified atom stereocenters. The van der Waals surface area contributed by atoms with Crippen LogP contribution in [0.1, 0.15) is 30.9 Å². The Morgan fingerprint density at radius 3 is 2.61 bits per heavy atom. The van der Waals surface area contributed by atoms with E-state index >= 15 is 0 Å². The second-order valence-corrected chi connectivity index (χ2v) is 9.94. The molecule has 1 saturated carbocycles. The van der Waals surface area contributed by atoms with Crippen molar-refractivity contribution in [3.8, 4) is 0 Å². The Kier molecular flexibility index (Phi) is 6.21. The SMILES string of the molecule is CN1CCN(c2nc(Nc3cc(C4CC4)[nH]n3)nc(N3CC(F)(F)CC3C(=O)Nc3cnccn3)n2)CC1. The summed E-state index contributed by atoms with van der Waals surface area (Å²) in [7, 11) is 2.03.